The third kappa shape index (κ3) is 5.75. The molecule has 3 aromatic rings. The Morgan fingerprint density at radius 3 is 2.57 bits per heavy atom. The van der Waals surface area contributed by atoms with Crippen LogP contribution < -0.4 is 5.32 Å². The number of para-hydroxylation sites is 1. The summed E-state index contributed by atoms with van der Waals surface area (Å²) in [5.41, 5.74) is -1.09. The minimum absolute atomic E-state index is 0.0823. The first kappa shape index (κ1) is 26.6. The lowest BCUT2D eigenvalue weighted by atomic mass is 9.98. The smallest absolute Gasteiger partial charge is 0.355 e. The van der Waals surface area contributed by atoms with E-state index in [2.05, 4.69) is 10.5 Å². The Bertz CT molecular complexity index is 1430. The van der Waals surface area contributed by atoms with E-state index in [0.717, 1.165) is 16.4 Å². The number of carbonyl (C=O) groups is 1. The van der Waals surface area contributed by atoms with Crippen LogP contribution in [0.5, 0.6) is 0 Å². The van der Waals surface area contributed by atoms with Crippen molar-refractivity contribution >= 4 is 33.8 Å². The average molecular weight is 538 g/mol. The number of alkyl halides is 3. The van der Waals surface area contributed by atoms with Crippen molar-refractivity contribution in [1.82, 2.24) is 9.46 Å². The Kier molecular flexibility index (Phi) is 7.51. The van der Waals surface area contributed by atoms with Crippen LogP contribution in [0.15, 0.2) is 57.9 Å². The van der Waals surface area contributed by atoms with Gasteiger partial charge < -0.3 is 9.84 Å². The molecule has 1 amide bonds. The number of benzene rings is 2. The number of aryl methyl sites for hydroxylation is 1. The summed E-state index contributed by atoms with van der Waals surface area (Å²) < 4.78 is 87.2. The molecule has 12 heteroatoms. The fraction of sp³-hybridized carbons (Fsp3) is 0.280. The molecule has 7 nitrogen and oxygen atoms in total. The molecule has 0 unspecified atom stereocenters. The summed E-state index contributed by atoms with van der Waals surface area (Å²) in [5, 5.41) is 6.05. The summed E-state index contributed by atoms with van der Waals surface area (Å²) in [7, 11) is -4.19. The topological polar surface area (TPSA) is 92.5 Å². The number of hydrogen-bond donors (Lipinski definition) is 1. The van der Waals surface area contributed by atoms with Gasteiger partial charge in [0.05, 0.1) is 17.2 Å². The molecule has 1 saturated heterocycles. The van der Waals surface area contributed by atoms with Crippen LogP contribution in [0, 0.1) is 18.7 Å². The highest BCUT2D eigenvalue weighted by molar-refractivity contribution is 7.89. The quantitative estimate of drug-likeness (QED) is 0.428. The predicted octanol–water partition coefficient (Wildman–Crippen LogP) is 5.35. The first-order valence-electron chi connectivity index (χ1n) is 11.3. The second-order valence-electron chi connectivity index (χ2n) is 8.55. The molecule has 1 N–H and O–H groups in total. The van der Waals surface area contributed by atoms with Gasteiger partial charge in [0.2, 0.25) is 15.9 Å². The standard InChI is InChI=1S/C25H23F4N3O4S/c1-16-23(22(36-31-16)13-12-17-7-2-4-10-20(17)26)37(34,35)32-14-6-8-18(15-32)24(33)30-21-11-5-3-9-19(21)25(27,28)29/h2-5,7,9-13,18H,6,8,14-15H2,1H3,(H,30,33)/b13-12+/t18-/m0/s1. The number of aromatic nitrogens is 1. The summed E-state index contributed by atoms with van der Waals surface area (Å²) in [4.78, 5) is 12.6. The van der Waals surface area contributed by atoms with E-state index in [4.69, 9.17) is 4.52 Å². The number of nitrogens with one attached hydrogen (secondary N) is 1. The Balaban J connectivity index is 1.55. The number of nitrogens with zero attached hydrogens (tertiary/aromatic N) is 2. The highest BCUT2D eigenvalue weighted by Crippen LogP contribution is 2.35. The highest BCUT2D eigenvalue weighted by atomic mass is 32.2. The Morgan fingerprint density at radius 1 is 1.14 bits per heavy atom. The zero-order chi connectivity index (χ0) is 26.8. The van der Waals surface area contributed by atoms with Gasteiger partial charge in [0.15, 0.2) is 10.7 Å². The van der Waals surface area contributed by atoms with Gasteiger partial charge in [-0.3, -0.25) is 4.79 Å². The van der Waals surface area contributed by atoms with Gasteiger partial charge >= 0.3 is 6.18 Å². The first-order valence-corrected chi connectivity index (χ1v) is 12.8. The summed E-state index contributed by atoms with van der Waals surface area (Å²) in [6, 6.07) is 10.5. The van der Waals surface area contributed by atoms with Crippen LogP contribution in [0.25, 0.3) is 12.2 Å². The molecule has 2 aromatic carbocycles. The maximum atomic E-state index is 14.0. The van der Waals surface area contributed by atoms with Gasteiger partial charge in [-0.15, -0.1) is 0 Å². The molecule has 0 bridgehead atoms. The second-order valence-corrected chi connectivity index (χ2v) is 10.4. The number of carbonyl (C=O) groups excluding carboxylic acids is 1. The van der Waals surface area contributed by atoms with Crippen LogP contribution >= 0.6 is 0 Å². The molecule has 0 spiro atoms. The molecule has 1 aromatic heterocycles. The van der Waals surface area contributed by atoms with Crippen molar-refractivity contribution in [2.75, 3.05) is 18.4 Å². The first-order chi connectivity index (χ1) is 17.5. The van der Waals surface area contributed by atoms with Gasteiger partial charge in [-0.05, 0) is 50.1 Å². The fourth-order valence-corrected chi connectivity index (χ4v) is 5.93. The van der Waals surface area contributed by atoms with Gasteiger partial charge in [0, 0.05) is 18.7 Å². The Hall–Kier alpha value is -3.51. The molecule has 0 saturated carbocycles. The monoisotopic (exact) mass is 537 g/mol. The lowest BCUT2D eigenvalue weighted by Crippen LogP contribution is -2.44. The van der Waals surface area contributed by atoms with Crippen molar-refractivity contribution in [1.29, 1.82) is 0 Å². The van der Waals surface area contributed by atoms with Gasteiger partial charge in [-0.1, -0.05) is 35.5 Å². The van der Waals surface area contributed by atoms with Gasteiger partial charge in [0.25, 0.3) is 0 Å². The molecule has 0 radical (unpaired) electrons. The van der Waals surface area contributed by atoms with Crippen molar-refractivity contribution in [3.8, 4) is 0 Å². The van der Waals surface area contributed by atoms with Crippen molar-refractivity contribution in [2.45, 2.75) is 30.8 Å². The number of rotatable bonds is 6. The summed E-state index contributed by atoms with van der Waals surface area (Å²) in [5.74, 6) is -2.19. The molecule has 196 valence electrons. The molecule has 1 aliphatic heterocycles. The normalized spacial score (nSPS) is 17.3. The van der Waals surface area contributed by atoms with Crippen molar-refractivity contribution in [2.24, 2.45) is 5.92 Å². The lowest BCUT2D eigenvalue weighted by molar-refractivity contribution is -0.137. The second kappa shape index (κ2) is 10.5. The zero-order valence-electron chi connectivity index (χ0n) is 19.6. The van der Waals surface area contributed by atoms with E-state index in [-0.39, 0.29) is 35.0 Å². The molecule has 1 fully saturated rings. The van der Waals surface area contributed by atoms with E-state index in [1.807, 2.05) is 0 Å². The maximum Gasteiger partial charge on any atom is 0.418 e. The van der Waals surface area contributed by atoms with Crippen LogP contribution in [-0.2, 0) is 21.0 Å². The van der Waals surface area contributed by atoms with Gasteiger partial charge in [0.1, 0.15) is 11.5 Å². The summed E-state index contributed by atoms with van der Waals surface area (Å²) in [6.45, 7) is 1.31. The van der Waals surface area contributed by atoms with Crippen LogP contribution in [-0.4, -0.2) is 36.9 Å². The molecule has 4 rings (SSSR count). The van der Waals surface area contributed by atoms with Gasteiger partial charge in [-0.2, -0.15) is 17.5 Å². The van der Waals surface area contributed by atoms with E-state index in [9.17, 15) is 30.8 Å². The van der Waals surface area contributed by atoms with Crippen LogP contribution in [0.4, 0.5) is 23.2 Å². The van der Waals surface area contributed by atoms with E-state index in [1.165, 1.54) is 49.4 Å². The molecule has 37 heavy (non-hydrogen) atoms. The highest BCUT2D eigenvalue weighted by Gasteiger charge is 2.38. The van der Waals surface area contributed by atoms with Crippen molar-refractivity contribution in [3.05, 3.63) is 76.9 Å². The number of amides is 1. The van der Waals surface area contributed by atoms with Gasteiger partial charge in [-0.25, -0.2) is 12.8 Å². The van der Waals surface area contributed by atoms with Crippen molar-refractivity contribution in [3.63, 3.8) is 0 Å². The largest absolute Gasteiger partial charge is 0.418 e. The van der Waals surface area contributed by atoms with Crippen LogP contribution in [0.3, 0.4) is 0 Å². The van der Waals surface area contributed by atoms with Crippen LogP contribution in [0.1, 0.15) is 35.4 Å². The van der Waals surface area contributed by atoms with E-state index >= 15 is 0 Å². The lowest BCUT2D eigenvalue weighted by Gasteiger charge is -2.31. The molecule has 1 aliphatic rings. The number of sulfonamides is 1. The number of halogens is 4. The fourth-order valence-electron chi connectivity index (χ4n) is 4.15. The third-order valence-electron chi connectivity index (χ3n) is 6.00. The van der Waals surface area contributed by atoms with Crippen LogP contribution in [0.2, 0.25) is 0 Å². The molecule has 1 atom stereocenters. The molecule has 2 heterocycles. The van der Waals surface area contributed by atoms with E-state index in [0.29, 0.717) is 12.8 Å². The SMILES string of the molecule is Cc1noc(/C=C/c2ccccc2F)c1S(=O)(=O)N1CCC[C@H](C(=O)Nc2ccccc2C(F)(F)F)C1. The molecular formula is C25H23F4N3O4S. The predicted molar refractivity (Wildman–Crippen MR) is 128 cm³/mol. The summed E-state index contributed by atoms with van der Waals surface area (Å²) >= 11 is 0. The van der Waals surface area contributed by atoms with E-state index < -0.39 is 45.1 Å². The molecular weight excluding hydrogens is 514 g/mol. The Labute approximate surface area is 210 Å². The minimum Gasteiger partial charge on any atom is -0.355 e. The minimum atomic E-state index is -4.66. The Morgan fingerprint density at radius 2 is 1.84 bits per heavy atom. The number of anilines is 1. The van der Waals surface area contributed by atoms with Crippen molar-refractivity contribution < 1.29 is 35.3 Å². The summed E-state index contributed by atoms with van der Waals surface area (Å²) in [6.07, 6.45) is -1.38. The number of piperidine rings is 1. The van der Waals surface area contributed by atoms with E-state index in [1.54, 1.807) is 6.07 Å². The maximum absolute atomic E-state index is 14.0. The average Bonchev–Trinajstić information content (AvgIpc) is 3.24. The molecule has 0 aliphatic carbocycles. The number of hydrogen-bond acceptors (Lipinski definition) is 5. The zero-order valence-corrected chi connectivity index (χ0v) is 20.4. The third-order valence-corrected chi connectivity index (χ3v) is 8.02.